The zero-order valence-corrected chi connectivity index (χ0v) is 21.3. The molecule has 4 rings (SSSR count). The fraction of sp³-hybridized carbons (Fsp3) is 0.179. The summed E-state index contributed by atoms with van der Waals surface area (Å²) in [4.78, 5) is 41.9. The molecule has 184 valence electrons. The first-order valence-corrected chi connectivity index (χ1v) is 12.3. The lowest BCUT2D eigenvalue weighted by atomic mass is 10.1. The van der Waals surface area contributed by atoms with E-state index in [1.54, 1.807) is 47.4 Å². The van der Waals surface area contributed by atoms with Crippen LogP contribution in [0.1, 0.15) is 22.8 Å². The van der Waals surface area contributed by atoms with Crippen LogP contribution in [-0.4, -0.2) is 48.7 Å². The first-order chi connectivity index (χ1) is 17.3. The molecular formula is C28H25BrFN3O3. The van der Waals surface area contributed by atoms with Crippen LogP contribution >= 0.6 is 15.9 Å². The van der Waals surface area contributed by atoms with Gasteiger partial charge in [-0.1, -0.05) is 34.1 Å². The van der Waals surface area contributed by atoms with Crippen molar-refractivity contribution in [2.75, 3.05) is 36.4 Å². The molecule has 0 atom stereocenters. The summed E-state index contributed by atoms with van der Waals surface area (Å²) in [6.45, 7) is 3.43. The van der Waals surface area contributed by atoms with E-state index in [2.05, 4.69) is 26.1 Å². The fourth-order valence-electron chi connectivity index (χ4n) is 3.97. The second-order valence-electron chi connectivity index (χ2n) is 8.43. The highest BCUT2D eigenvalue weighted by Gasteiger charge is 2.28. The highest BCUT2D eigenvalue weighted by Crippen LogP contribution is 2.22. The van der Waals surface area contributed by atoms with Crippen molar-refractivity contribution in [3.63, 3.8) is 0 Å². The molecule has 0 saturated carbocycles. The predicted molar refractivity (Wildman–Crippen MR) is 142 cm³/mol. The van der Waals surface area contributed by atoms with Crippen LogP contribution in [0.25, 0.3) is 6.08 Å². The molecule has 1 saturated heterocycles. The molecule has 1 fully saturated rings. The number of ketones is 1. The third-order valence-electron chi connectivity index (χ3n) is 5.97. The van der Waals surface area contributed by atoms with Gasteiger partial charge in [0, 0.05) is 53.2 Å². The number of Topliss-reactive ketones (excluding diaryl/α,β-unsaturated/α-hetero) is 1. The Morgan fingerprint density at radius 1 is 0.917 bits per heavy atom. The SMILES string of the molecule is CC(=O)c1ccc(N2CCN(C(=O)/C(=C/c3cc(Br)ccc3F)C(=O)Nc3ccccc3)CC2)cc1. The fourth-order valence-corrected chi connectivity index (χ4v) is 4.35. The number of rotatable bonds is 6. The highest BCUT2D eigenvalue weighted by molar-refractivity contribution is 9.10. The number of carbonyl (C=O) groups excluding carboxylic acids is 3. The van der Waals surface area contributed by atoms with Crippen molar-refractivity contribution < 1.29 is 18.8 Å². The van der Waals surface area contributed by atoms with Crippen molar-refractivity contribution in [1.29, 1.82) is 0 Å². The second-order valence-corrected chi connectivity index (χ2v) is 9.34. The van der Waals surface area contributed by atoms with E-state index in [-0.39, 0.29) is 16.9 Å². The summed E-state index contributed by atoms with van der Waals surface area (Å²) in [5.41, 5.74) is 2.14. The smallest absolute Gasteiger partial charge is 0.261 e. The molecule has 0 bridgehead atoms. The van der Waals surface area contributed by atoms with Crippen LogP contribution < -0.4 is 10.2 Å². The van der Waals surface area contributed by atoms with Gasteiger partial charge in [-0.3, -0.25) is 14.4 Å². The Morgan fingerprint density at radius 3 is 2.22 bits per heavy atom. The number of hydrogen-bond donors (Lipinski definition) is 1. The Bertz CT molecular complexity index is 1300. The number of para-hydroxylation sites is 1. The van der Waals surface area contributed by atoms with Crippen LogP contribution in [0, 0.1) is 5.82 Å². The lowest BCUT2D eigenvalue weighted by molar-refractivity contribution is -0.129. The van der Waals surface area contributed by atoms with Gasteiger partial charge in [-0.15, -0.1) is 0 Å². The maximum Gasteiger partial charge on any atom is 0.261 e. The van der Waals surface area contributed by atoms with Gasteiger partial charge < -0.3 is 15.1 Å². The Hall–Kier alpha value is -3.78. The van der Waals surface area contributed by atoms with Gasteiger partial charge in [-0.2, -0.15) is 0 Å². The number of anilines is 2. The average Bonchev–Trinajstić information content (AvgIpc) is 2.89. The number of nitrogens with one attached hydrogen (secondary N) is 1. The maximum absolute atomic E-state index is 14.5. The molecule has 36 heavy (non-hydrogen) atoms. The van der Waals surface area contributed by atoms with E-state index in [1.165, 1.54) is 25.1 Å². The summed E-state index contributed by atoms with van der Waals surface area (Å²) in [6.07, 6.45) is 1.30. The standard InChI is InChI=1S/C28H25BrFN3O3/c1-19(34)20-7-10-24(11-8-20)32-13-15-33(16-14-32)28(36)25(18-21-17-22(29)9-12-26(21)30)27(35)31-23-5-3-2-4-6-23/h2-12,17-18H,13-16H2,1H3,(H,31,35)/b25-18+. The first kappa shape index (κ1) is 25.3. The quantitative estimate of drug-likeness (QED) is 0.199. The predicted octanol–water partition coefficient (Wildman–Crippen LogP) is 5.16. The van der Waals surface area contributed by atoms with Gasteiger partial charge in [0.15, 0.2) is 5.78 Å². The number of benzene rings is 3. The van der Waals surface area contributed by atoms with Crippen molar-refractivity contribution in [3.8, 4) is 0 Å². The molecule has 1 heterocycles. The van der Waals surface area contributed by atoms with Crippen LogP contribution in [0.15, 0.2) is 82.8 Å². The monoisotopic (exact) mass is 549 g/mol. The normalized spacial score (nSPS) is 13.9. The Morgan fingerprint density at radius 2 is 1.58 bits per heavy atom. The molecule has 3 aromatic rings. The number of halogens is 2. The molecule has 6 nitrogen and oxygen atoms in total. The van der Waals surface area contributed by atoms with Crippen molar-refractivity contribution in [3.05, 3.63) is 99.8 Å². The minimum atomic E-state index is -0.604. The molecule has 0 aromatic heterocycles. The van der Waals surface area contributed by atoms with Gasteiger partial charge >= 0.3 is 0 Å². The molecular weight excluding hydrogens is 525 g/mol. The average molecular weight is 550 g/mol. The summed E-state index contributed by atoms with van der Waals surface area (Å²) in [6, 6.07) is 20.5. The molecule has 3 aromatic carbocycles. The second kappa shape index (κ2) is 11.3. The van der Waals surface area contributed by atoms with Crippen molar-refractivity contribution in [2.45, 2.75) is 6.92 Å². The molecule has 1 N–H and O–H groups in total. The maximum atomic E-state index is 14.5. The summed E-state index contributed by atoms with van der Waals surface area (Å²) in [5, 5.41) is 2.74. The first-order valence-electron chi connectivity index (χ1n) is 11.5. The Kier molecular flexibility index (Phi) is 7.95. The molecule has 1 aliphatic rings. The molecule has 0 radical (unpaired) electrons. The number of amides is 2. The third kappa shape index (κ3) is 6.07. The van der Waals surface area contributed by atoms with E-state index < -0.39 is 17.6 Å². The minimum absolute atomic E-state index is 0.00643. The number of carbonyl (C=O) groups is 3. The highest BCUT2D eigenvalue weighted by atomic mass is 79.9. The lowest BCUT2D eigenvalue weighted by Gasteiger charge is -2.36. The molecule has 0 spiro atoms. The summed E-state index contributed by atoms with van der Waals surface area (Å²) in [5.74, 6) is -1.59. The number of piperazine rings is 1. The van der Waals surface area contributed by atoms with Crippen LogP contribution in [0.5, 0.6) is 0 Å². The van der Waals surface area contributed by atoms with Crippen LogP contribution in [0.2, 0.25) is 0 Å². The van der Waals surface area contributed by atoms with Gasteiger partial charge in [0.1, 0.15) is 11.4 Å². The molecule has 1 aliphatic heterocycles. The Labute approximate surface area is 217 Å². The molecule has 2 amide bonds. The molecule has 8 heteroatoms. The largest absolute Gasteiger partial charge is 0.368 e. The van der Waals surface area contributed by atoms with E-state index in [0.717, 1.165) is 5.69 Å². The number of hydrogen-bond acceptors (Lipinski definition) is 4. The Balaban J connectivity index is 1.54. The van der Waals surface area contributed by atoms with Crippen molar-refractivity contribution in [2.24, 2.45) is 0 Å². The summed E-state index contributed by atoms with van der Waals surface area (Å²) in [7, 11) is 0. The zero-order chi connectivity index (χ0) is 25.7. The molecule has 0 aliphatic carbocycles. The summed E-state index contributed by atoms with van der Waals surface area (Å²) >= 11 is 3.32. The van der Waals surface area contributed by atoms with Gasteiger partial charge in [0.05, 0.1) is 0 Å². The number of nitrogens with zero attached hydrogens (tertiary/aromatic N) is 2. The van der Waals surface area contributed by atoms with E-state index in [1.807, 2.05) is 18.2 Å². The van der Waals surface area contributed by atoms with Crippen LogP contribution in [-0.2, 0) is 9.59 Å². The molecule has 0 unspecified atom stereocenters. The topological polar surface area (TPSA) is 69.7 Å². The van der Waals surface area contributed by atoms with Gasteiger partial charge in [-0.25, -0.2) is 4.39 Å². The van der Waals surface area contributed by atoms with E-state index in [0.29, 0.717) is 41.9 Å². The van der Waals surface area contributed by atoms with Crippen molar-refractivity contribution >= 4 is 51.0 Å². The van der Waals surface area contributed by atoms with Gasteiger partial charge in [0.2, 0.25) is 0 Å². The van der Waals surface area contributed by atoms with Gasteiger partial charge in [-0.05, 0) is 67.6 Å². The lowest BCUT2D eigenvalue weighted by Crippen LogP contribution is -2.50. The summed E-state index contributed by atoms with van der Waals surface area (Å²) < 4.78 is 15.1. The zero-order valence-electron chi connectivity index (χ0n) is 19.7. The third-order valence-corrected chi connectivity index (χ3v) is 6.46. The van der Waals surface area contributed by atoms with E-state index >= 15 is 0 Å². The minimum Gasteiger partial charge on any atom is -0.368 e. The van der Waals surface area contributed by atoms with Gasteiger partial charge in [0.25, 0.3) is 11.8 Å². The van der Waals surface area contributed by atoms with Crippen LogP contribution in [0.3, 0.4) is 0 Å². The van der Waals surface area contributed by atoms with Crippen LogP contribution in [0.4, 0.5) is 15.8 Å². The van der Waals surface area contributed by atoms with E-state index in [4.69, 9.17) is 0 Å². The van der Waals surface area contributed by atoms with Crippen molar-refractivity contribution in [1.82, 2.24) is 4.90 Å². The van der Waals surface area contributed by atoms with E-state index in [9.17, 15) is 18.8 Å².